The van der Waals surface area contributed by atoms with Crippen molar-refractivity contribution in [2.45, 2.75) is 0 Å². The second-order valence-electron chi connectivity index (χ2n) is 23.6. The summed E-state index contributed by atoms with van der Waals surface area (Å²) in [6, 6.07) is 101. The molecule has 19 aromatic rings. The number of rotatable bonds is 9. The molecule has 0 saturated carbocycles. The molecule has 0 fully saturated rings. The number of furan rings is 3. The lowest BCUT2D eigenvalue weighted by Crippen LogP contribution is -2.00. The minimum Gasteiger partial charge on any atom is -0.456 e. The molecule has 432 valence electrons. The summed E-state index contributed by atoms with van der Waals surface area (Å²) in [4.78, 5) is 31.2. The first-order valence-corrected chi connectivity index (χ1v) is 31.1. The van der Waals surface area contributed by atoms with Crippen LogP contribution in [0.4, 0.5) is 0 Å². The van der Waals surface area contributed by atoms with Crippen LogP contribution in [-0.2, 0) is 0 Å². The summed E-state index contributed by atoms with van der Waals surface area (Å²) in [7, 11) is 0. The molecule has 0 atom stereocenters. The first kappa shape index (κ1) is 52.2. The van der Waals surface area contributed by atoms with E-state index in [1.807, 2.05) is 103 Å². The van der Waals surface area contributed by atoms with Crippen molar-refractivity contribution in [2.24, 2.45) is 0 Å². The zero-order valence-corrected chi connectivity index (χ0v) is 49.6. The Bertz CT molecular complexity index is 6250. The van der Waals surface area contributed by atoms with Crippen LogP contribution in [0.3, 0.4) is 0 Å². The van der Waals surface area contributed by atoms with E-state index in [0.29, 0.717) is 34.9 Å². The number of hydrogen-bond donors (Lipinski definition) is 0. The van der Waals surface area contributed by atoms with E-state index in [-0.39, 0.29) is 0 Å². The molecule has 0 unspecified atom stereocenters. The lowest BCUT2D eigenvalue weighted by molar-refractivity contribution is 0.668. The number of hydrogen-bond acceptors (Lipinski definition) is 9. The topological polar surface area (TPSA) is 117 Å². The SMILES string of the molecule is c1ccc(-c2nc(-c3cccc(-c4cc5ccc(-c6ccc(-c7nc(-c8ccccc8)nc(-c8cccc9oc%10ccccc%10c89)n7)cc6)cc5c5c4oc4ccccc45)c3)nc(-c3cccc4c(-c5ccc6ccc7oc8ccccc8c7c6c5)cccc34)n2)cc1. The van der Waals surface area contributed by atoms with Crippen molar-refractivity contribution in [3.05, 3.63) is 291 Å². The molecule has 0 aliphatic heterocycles. The third kappa shape index (κ3) is 8.70. The minimum atomic E-state index is 0.560. The van der Waals surface area contributed by atoms with Crippen molar-refractivity contribution in [1.29, 1.82) is 0 Å². The van der Waals surface area contributed by atoms with Gasteiger partial charge in [0.15, 0.2) is 34.9 Å². The van der Waals surface area contributed by atoms with Gasteiger partial charge >= 0.3 is 0 Å². The number of nitrogens with zero attached hydrogens (tertiary/aromatic N) is 6. The molecule has 0 N–H and O–H groups in total. The number of para-hydroxylation sites is 3. The third-order valence-corrected chi connectivity index (χ3v) is 18.2. The molecule has 0 aliphatic rings. The van der Waals surface area contributed by atoms with Crippen LogP contribution in [0.15, 0.2) is 304 Å². The van der Waals surface area contributed by atoms with Crippen LogP contribution in [0, 0.1) is 0 Å². The van der Waals surface area contributed by atoms with Gasteiger partial charge in [0, 0.05) is 71.3 Å². The van der Waals surface area contributed by atoms with E-state index in [1.54, 1.807) is 0 Å². The maximum Gasteiger partial charge on any atom is 0.164 e. The van der Waals surface area contributed by atoms with Crippen molar-refractivity contribution in [2.75, 3.05) is 0 Å². The smallest absolute Gasteiger partial charge is 0.164 e. The average Bonchev–Trinajstić information content (AvgIpc) is 1.73. The molecule has 0 saturated heterocycles. The van der Waals surface area contributed by atoms with E-state index >= 15 is 0 Å². The summed E-state index contributed by atoms with van der Waals surface area (Å²) < 4.78 is 19.6. The van der Waals surface area contributed by atoms with Gasteiger partial charge in [-0.2, -0.15) is 0 Å². The van der Waals surface area contributed by atoms with Crippen molar-refractivity contribution in [3.63, 3.8) is 0 Å². The van der Waals surface area contributed by atoms with Gasteiger partial charge < -0.3 is 13.3 Å². The summed E-state index contributed by atoms with van der Waals surface area (Å²) in [5.74, 6) is 3.47. The molecule has 14 aromatic carbocycles. The van der Waals surface area contributed by atoms with Crippen molar-refractivity contribution in [1.82, 2.24) is 29.9 Å². The molecule has 0 bridgehead atoms. The predicted molar refractivity (Wildman–Crippen MR) is 376 cm³/mol. The van der Waals surface area contributed by atoms with Crippen LogP contribution in [0.2, 0.25) is 0 Å². The van der Waals surface area contributed by atoms with E-state index < -0.39 is 0 Å². The Morgan fingerprint density at radius 1 is 0.183 bits per heavy atom. The fourth-order valence-electron chi connectivity index (χ4n) is 13.8. The van der Waals surface area contributed by atoms with E-state index in [0.717, 1.165) is 165 Å². The highest BCUT2D eigenvalue weighted by Crippen LogP contribution is 2.45. The molecule has 5 heterocycles. The highest BCUT2D eigenvalue weighted by Gasteiger charge is 2.23. The standard InChI is InChI=1S/C84H48N6O3/c1-3-17-51(18-4-1)79-85-81(89-84(88-79)66-30-16-34-73-75(66)63-23-7-10-31-70(63)91-73)53-38-35-49(36-39-53)54-40-42-57-48-69(78-77(68(57)46-54)65-25-9-12-33-72(65)93-78)55-21-13-22-58(45-55)82-86-80(52-19-5-2-6-20-52)87-83(90-82)62-29-15-27-60-59(26-14-28-61(60)62)56-41-37-50-43-44-74-76(67(50)47-56)64-24-8-11-32-71(64)92-74/h1-48H. The molecule has 9 heteroatoms. The highest BCUT2D eigenvalue weighted by molar-refractivity contribution is 6.24. The van der Waals surface area contributed by atoms with E-state index in [2.05, 4.69) is 188 Å². The van der Waals surface area contributed by atoms with Gasteiger partial charge in [-0.25, -0.2) is 29.9 Å². The fourth-order valence-corrected chi connectivity index (χ4v) is 13.8. The molecule has 0 amide bonds. The van der Waals surface area contributed by atoms with Gasteiger partial charge in [-0.1, -0.05) is 237 Å². The summed E-state index contributed by atoms with van der Waals surface area (Å²) in [6.45, 7) is 0. The summed E-state index contributed by atoms with van der Waals surface area (Å²) >= 11 is 0. The van der Waals surface area contributed by atoms with Crippen LogP contribution in [0.25, 0.3) is 200 Å². The zero-order chi connectivity index (χ0) is 61.1. The molecular formula is C84H48N6O3. The Balaban J connectivity index is 0.699. The largest absolute Gasteiger partial charge is 0.456 e. The van der Waals surface area contributed by atoms with Gasteiger partial charge in [0.2, 0.25) is 0 Å². The Kier molecular flexibility index (Phi) is 11.8. The molecule has 0 spiro atoms. The Morgan fingerprint density at radius 2 is 0.591 bits per heavy atom. The van der Waals surface area contributed by atoms with Crippen LogP contribution < -0.4 is 0 Å². The van der Waals surface area contributed by atoms with Crippen molar-refractivity contribution < 1.29 is 13.3 Å². The van der Waals surface area contributed by atoms with E-state index in [4.69, 9.17) is 43.2 Å². The van der Waals surface area contributed by atoms with Crippen molar-refractivity contribution >= 4 is 98.1 Å². The second kappa shape index (κ2) is 20.9. The molecule has 0 radical (unpaired) electrons. The highest BCUT2D eigenvalue weighted by atomic mass is 16.3. The monoisotopic (exact) mass is 1190 g/mol. The summed E-state index contributed by atoms with van der Waals surface area (Å²) in [6.07, 6.45) is 0. The maximum absolute atomic E-state index is 6.95. The quantitative estimate of drug-likeness (QED) is 0.139. The van der Waals surface area contributed by atoms with E-state index in [9.17, 15) is 0 Å². The van der Waals surface area contributed by atoms with Gasteiger partial charge in [-0.15, -0.1) is 0 Å². The molecule has 19 rings (SSSR count). The average molecular weight is 1190 g/mol. The third-order valence-electron chi connectivity index (χ3n) is 18.2. The van der Waals surface area contributed by atoms with Gasteiger partial charge in [0.25, 0.3) is 0 Å². The van der Waals surface area contributed by atoms with Gasteiger partial charge in [0.1, 0.15) is 33.5 Å². The number of fused-ring (bicyclic) bond motifs is 14. The zero-order valence-electron chi connectivity index (χ0n) is 49.6. The number of benzene rings is 14. The molecule has 0 aliphatic carbocycles. The van der Waals surface area contributed by atoms with Crippen LogP contribution in [-0.4, -0.2) is 29.9 Å². The maximum atomic E-state index is 6.95. The normalized spacial score (nSPS) is 11.9. The molecular weight excluding hydrogens is 1140 g/mol. The van der Waals surface area contributed by atoms with Gasteiger partial charge in [-0.05, 0) is 115 Å². The lowest BCUT2D eigenvalue weighted by atomic mass is 9.93. The fraction of sp³-hybridized carbons (Fsp3) is 0. The van der Waals surface area contributed by atoms with E-state index in [1.165, 1.54) is 0 Å². The summed E-state index contributed by atoms with van der Waals surface area (Å²) in [5, 5.41) is 12.9. The van der Waals surface area contributed by atoms with Crippen LogP contribution >= 0.6 is 0 Å². The predicted octanol–water partition coefficient (Wildman–Crippen LogP) is 22.2. The Morgan fingerprint density at radius 3 is 1.29 bits per heavy atom. The van der Waals surface area contributed by atoms with Crippen LogP contribution in [0.1, 0.15) is 0 Å². The second-order valence-corrected chi connectivity index (χ2v) is 23.6. The lowest BCUT2D eigenvalue weighted by Gasteiger charge is -2.13. The molecule has 5 aromatic heterocycles. The van der Waals surface area contributed by atoms with Gasteiger partial charge in [-0.3, -0.25) is 0 Å². The Hall–Kier alpha value is -12.7. The first-order valence-electron chi connectivity index (χ1n) is 31.1. The van der Waals surface area contributed by atoms with Crippen molar-refractivity contribution in [3.8, 4) is 102 Å². The molecule has 9 nitrogen and oxygen atoms in total. The first-order chi connectivity index (χ1) is 46.0. The molecule has 93 heavy (non-hydrogen) atoms. The van der Waals surface area contributed by atoms with Crippen LogP contribution in [0.5, 0.6) is 0 Å². The minimum absolute atomic E-state index is 0.560. The number of aromatic nitrogens is 6. The van der Waals surface area contributed by atoms with Gasteiger partial charge in [0.05, 0.1) is 0 Å². The summed E-state index contributed by atoms with van der Waals surface area (Å²) in [5.41, 5.74) is 16.6. The Labute approximate surface area is 531 Å².